The molecule has 1 amide bonds. The number of hydrazone groups is 1. The minimum atomic E-state index is -0.347. The molecule has 0 bridgehead atoms. The molecule has 1 aromatic carbocycles. The molecule has 7 heteroatoms. The summed E-state index contributed by atoms with van der Waals surface area (Å²) in [7, 11) is 0. The van der Waals surface area contributed by atoms with Crippen LogP contribution in [0, 0.1) is 6.92 Å². The van der Waals surface area contributed by atoms with Crippen LogP contribution in [-0.4, -0.2) is 18.2 Å². The second kappa shape index (κ2) is 7.60. The molecular weight excluding hydrogens is 416 g/mol. The smallest absolute Gasteiger partial charge is 0.277 e. The molecule has 1 heterocycles. The van der Waals surface area contributed by atoms with E-state index in [0.29, 0.717) is 17.2 Å². The number of rotatable bonds is 5. The van der Waals surface area contributed by atoms with E-state index in [2.05, 4.69) is 42.4 Å². The number of hydrogen-bond donors (Lipinski definition) is 1. The van der Waals surface area contributed by atoms with E-state index in [0.717, 1.165) is 14.5 Å². The van der Waals surface area contributed by atoms with E-state index in [1.54, 1.807) is 25.3 Å². The number of nitrogens with zero attached hydrogens (tertiary/aromatic N) is 1. The Morgan fingerprint density at radius 3 is 2.82 bits per heavy atom. The molecule has 0 aliphatic rings. The van der Waals surface area contributed by atoms with Gasteiger partial charge >= 0.3 is 0 Å². The van der Waals surface area contributed by atoms with E-state index in [1.165, 1.54) is 0 Å². The number of carbonyl (C=O) groups excluding carboxylic acids is 1. The van der Waals surface area contributed by atoms with Crippen LogP contribution in [0.1, 0.15) is 18.2 Å². The van der Waals surface area contributed by atoms with E-state index < -0.39 is 0 Å². The molecule has 116 valence electrons. The van der Waals surface area contributed by atoms with Gasteiger partial charge in [-0.15, -0.1) is 0 Å². The Labute approximate surface area is 145 Å². The van der Waals surface area contributed by atoms with Gasteiger partial charge in [0.05, 0.1) is 10.7 Å². The quantitative estimate of drug-likeness (QED) is 0.576. The van der Waals surface area contributed by atoms with Gasteiger partial charge in [-0.3, -0.25) is 4.79 Å². The van der Waals surface area contributed by atoms with Crippen LogP contribution in [0.3, 0.4) is 0 Å². The van der Waals surface area contributed by atoms with Gasteiger partial charge in [0.1, 0.15) is 17.2 Å². The lowest BCUT2D eigenvalue weighted by molar-refractivity contribution is -0.123. The Bertz CT molecular complexity index is 674. The van der Waals surface area contributed by atoms with Gasteiger partial charge in [-0.2, -0.15) is 5.10 Å². The molecule has 0 aliphatic carbocycles. The van der Waals surface area contributed by atoms with Gasteiger partial charge in [0.25, 0.3) is 5.91 Å². The number of aryl methyl sites for hydroxylation is 1. The summed E-state index contributed by atoms with van der Waals surface area (Å²) in [6.07, 6.45) is 1.55. The zero-order valence-corrected chi connectivity index (χ0v) is 15.2. The summed E-state index contributed by atoms with van der Waals surface area (Å²) in [5.41, 5.74) is 3.93. The normalized spacial score (nSPS) is 11.4. The minimum absolute atomic E-state index is 0.129. The Morgan fingerprint density at radius 1 is 1.41 bits per heavy atom. The van der Waals surface area contributed by atoms with Crippen LogP contribution >= 0.6 is 31.9 Å². The fourth-order valence-corrected chi connectivity index (χ4v) is 3.28. The van der Waals surface area contributed by atoms with Crippen molar-refractivity contribution in [1.82, 2.24) is 5.43 Å². The third-order valence-corrected chi connectivity index (χ3v) is 3.81. The van der Waals surface area contributed by atoms with Crippen LogP contribution in [0.5, 0.6) is 5.75 Å². The molecule has 0 spiro atoms. The van der Waals surface area contributed by atoms with Gasteiger partial charge in [0.15, 0.2) is 6.61 Å². The molecule has 22 heavy (non-hydrogen) atoms. The first-order valence-electron chi connectivity index (χ1n) is 6.43. The van der Waals surface area contributed by atoms with Gasteiger partial charge < -0.3 is 9.15 Å². The average Bonchev–Trinajstić information content (AvgIpc) is 2.97. The summed E-state index contributed by atoms with van der Waals surface area (Å²) >= 11 is 6.81. The summed E-state index contributed by atoms with van der Waals surface area (Å²) in [5, 5.41) is 3.96. The van der Waals surface area contributed by atoms with Crippen LogP contribution in [0.25, 0.3) is 0 Å². The van der Waals surface area contributed by atoms with Crippen molar-refractivity contribution in [2.24, 2.45) is 5.10 Å². The van der Waals surface area contributed by atoms with Crippen molar-refractivity contribution in [1.29, 1.82) is 0 Å². The largest absolute Gasteiger partial charge is 0.482 e. The van der Waals surface area contributed by atoms with Crippen LogP contribution in [0.2, 0.25) is 0 Å². The Kier molecular flexibility index (Phi) is 5.79. The van der Waals surface area contributed by atoms with Gasteiger partial charge in [0, 0.05) is 4.47 Å². The molecule has 0 unspecified atom stereocenters. The number of halogens is 2. The Hall–Kier alpha value is -1.60. The van der Waals surface area contributed by atoms with Crippen molar-refractivity contribution in [2.45, 2.75) is 13.8 Å². The van der Waals surface area contributed by atoms with Crippen LogP contribution < -0.4 is 10.2 Å². The van der Waals surface area contributed by atoms with E-state index >= 15 is 0 Å². The van der Waals surface area contributed by atoms with Crippen molar-refractivity contribution in [3.63, 3.8) is 0 Å². The van der Waals surface area contributed by atoms with E-state index in [9.17, 15) is 4.79 Å². The number of amides is 1. The van der Waals surface area contributed by atoms with E-state index in [-0.39, 0.29) is 12.5 Å². The third-order valence-electron chi connectivity index (χ3n) is 2.77. The zero-order chi connectivity index (χ0) is 16.1. The van der Waals surface area contributed by atoms with Crippen molar-refractivity contribution < 1.29 is 13.9 Å². The molecule has 1 aromatic heterocycles. The predicted molar refractivity (Wildman–Crippen MR) is 91.1 cm³/mol. The van der Waals surface area contributed by atoms with Crippen molar-refractivity contribution >= 4 is 43.5 Å². The molecule has 0 saturated heterocycles. The molecule has 0 fully saturated rings. The lowest BCUT2D eigenvalue weighted by atomic mass is 10.2. The number of carbonyl (C=O) groups is 1. The van der Waals surface area contributed by atoms with Crippen LogP contribution in [-0.2, 0) is 4.79 Å². The monoisotopic (exact) mass is 428 g/mol. The van der Waals surface area contributed by atoms with E-state index in [1.807, 2.05) is 19.1 Å². The highest BCUT2D eigenvalue weighted by atomic mass is 79.9. The van der Waals surface area contributed by atoms with Crippen LogP contribution in [0.4, 0.5) is 0 Å². The topological polar surface area (TPSA) is 63.8 Å². The first kappa shape index (κ1) is 16.8. The average molecular weight is 430 g/mol. The van der Waals surface area contributed by atoms with Crippen LogP contribution in [0.15, 0.2) is 49.0 Å². The fourth-order valence-electron chi connectivity index (χ4n) is 1.73. The van der Waals surface area contributed by atoms with Crippen molar-refractivity contribution in [2.75, 3.05) is 6.61 Å². The lowest BCUT2D eigenvalue weighted by Gasteiger charge is -2.11. The second-order valence-corrected chi connectivity index (χ2v) is 6.30. The first-order valence-corrected chi connectivity index (χ1v) is 8.01. The number of benzene rings is 1. The third kappa shape index (κ3) is 4.45. The number of hydrogen-bond acceptors (Lipinski definition) is 4. The fraction of sp³-hybridized carbons (Fsp3) is 0.200. The van der Waals surface area contributed by atoms with Gasteiger partial charge in [0.2, 0.25) is 0 Å². The first-order chi connectivity index (χ1) is 10.5. The molecule has 0 radical (unpaired) electrons. The molecule has 0 atom stereocenters. The predicted octanol–water partition coefficient (Wildman–Crippen LogP) is 4.03. The number of nitrogens with one attached hydrogen (secondary N) is 1. The van der Waals surface area contributed by atoms with Gasteiger partial charge in [-0.05, 0) is 59.6 Å². The van der Waals surface area contributed by atoms with Crippen molar-refractivity contribution in [3.8, 4) is 5.75 Å². The minimum Gasteiger partial charge on any atom is -0.482 e. The summed E-state index contributed by atoms with van der Waals surface area (Å²) in [5.74, 6) is 0.887. The summed E-state index contributed by atoms with van der Waals surface area (Å²) < 4.78 is 12.4. The summed E-state index contributed by atoms with van der Waals surface area (Å²) in [6.45, 7) is 3.52. The molecule has 2 rings (SSSR count). The molecule has 1 N–H and O–H groups in total. The summed E-state index contributed by atoms with van der Waals surface area (Å²) in [4.78, 5) is 11.8. The Balaban J connectivity index is 1.92. The number of ether oxygens (including phenoxy) is 1. The van der Waals surface area contributed by atoms with Gasteiger partial charge in [-0.1, -0.05) is 15.9 Å². The molecular formula is C15H14Br2N2O3. The number of furan rings is 1. The Morgan fingerprint density at radius 2 is 2.18 bits per heavy atom. The van der Waals surface area contributed by atoms with Gasteiger partial charge in [-0.25, -0.2) is 5.43 Å². The maximum Gasteiger partial charge on any atom is 0.277 e. The van der Waals surface area contributed by atoms with Crippen molar-refractivity contribution in [3.05, 3.63) is 50.8 Å². The molecule has 0 saturated carbocycles. The maximum atomic E-state index is 11.8. The highest BCUT2D eigenvalue weighted by molar-refractivity contribution is 9.11. The van der Waals surface area contributed by atoms with E-state index in [4.69, 9.17) is 9.15 Å². The molecule has 2 aromatic rings. The highest BCUT2D eigenvalue weighted by Gasteiger charge is 2.09. The summed E-state index contributed by atoms with van der Waals surface area (Å²) in [6, 6.07) is 7.30. The molecule has 5 nitrogen and oxygen atoms in total. The lowest BCUT2D eigenvalue weighted by Crippen LogP contribution is -2.25. The molecule has 0 aliphatic heterocycles. The maximum absolute atomic E-state index is 11.8. The highest BCUT2D eigenvalue weighted by Crippen LogP contribution is 2.32. The standard InChI is InChI=1S/C15H14Br2N2O3/c1-9-6-11(16)7-12(17)15(9)22-8-14(20)19-18-10(2)13-4-3-5-21-13/h3-7H,8H2,1-2H3,(H,19,20)/b18-10+. The second-order valence-electron chi connectivity index (χ2n) is 4.53. The zero-order valence-electron chi connectivity index (χ0n) is 12.0. The SMILES string of the molecule is C/C(=N\NC(=O)COc1c(C)cc(Br)cc1Br)c1ccco1.